The molecule has 1 heterocycles. The van der Waals surface area contributed by atoms with E-state index in [9.17, 15) is 4.79 Å². The van der Waals surface area contributed by atoms with Gasteiger partial charge in [-0.2, -0.15) is 0 Å². The molecule has 4 heteroatoms. The fraction of sp³-hybridized carbons (Fsp3) is 0.667. The summed E-state index contributed by atoms with van der Waals surface area (Å²) in [7, 11) is 0. The third-order valence-corrected chi connectivity index (χ3v) is 5.53. The van der Waals surface area contributed by atoms with Crippen molar-refractivity contribution in [3.63, 3.8) is 0 Å². The molecule has 25 heavy (non-hydrogen) atoms. The van der Waals surface area contributed by atoms with Gasteiger partial charge in [-0.05, 0) is 76.4 Å². The Morgan fingerprint density at radius 3 is 2.40 bits per heavy atom. The van der Waals surface area contributed by atoms with E-state index in [1.165, 1.54) is 31.2 Å². The zero-order valence-electron chi connectivity index (χ0n) is 15.9. The maximum absolute atomic E-state index is 12.0. The number of likely N-dealkylation sites (tertiary alicyclic amines) is 1. The first-order chi connectivity index (χ1) is 11.9. The van der Waals surface area contributed by atoms with Crippen LogP contribution >= 0.6 is 0 Å². The first-order valence-electron chi connectivity index (χ1n) is 9.59. The second-order valence-electron chi connectivity index (χ2n) is 8.75. The molecule has 0 radical (unpaired) electrons. The first-order valence-corrected chi connectivity index (χ1v) is 9.59. The number of hydrogen-bond donors (Lipinski definition) is 1. The van der Waals surface area contributed by atoms with Crippen LogP contribution in [0.4, 0.5) is 4.79 Å². The molecule has 0 bridgehead atoms. The van der Waals surface area contributed by atoms with Gasteiger partial charge in [0, 0.05) is 13.1 Å². The molecule has 1 saturated carbocycles. The van der Waals surface area contributed by atoms with E-state index in [1.54, 1.807) is 0 Å². The summed E-state index contributed by atoms with van der Waals surface area (Å²) in [5.41, 5.74) is 1.22. The summed E-state index contributed by atoms with van der Waals surface area (Å²) in [6, 6.07) is 10.7. The van der Waals surface area contributed by atoms with E-state index in [0.29, 0.717) is 0 Å². The zero-order valence-corrected chi connectivity index (χ0v) is 15.9. The molecule has 4 nitrogen and oxygen atoms in total. The Morgan fingerprint density at radius 1 is 1.20 bits per heavy atom. The maximum Gasteiger partial charge on any atom is 0.407 e. The van der Waals surface area contributed by atoms with Crippen LogP contribution in [0.3, 0.4) is 0 Å². The predicted octanol–water partition coefficient (Wildman–Crippen LogP) is 4.20. The average Bonchev–Trinajstić information content (AvgIpc) is 3.39. The number of benzene rings is 1. The van der Waals surface area contributed by atoms with Crippen molar-refractivity contribution in [3.8, 4) is 0 Å². The van der Waals surface area contributed by atoms with Gasteiger partial charge in [-0.3, -0.25) is 4.90 Å². The third kappa shape index (κ3) is 5.21. The molecule has 1 aromatic carbocycles. The lowest BCUT2D eigenvalue weighted by molar-refractivity contribution is 0.0409. The second kappa shape index (κ2) is 7.36. The fourth-order valence-corrected chi connectivity index (χ4v) is 3.99. The van der Waals surface area contributed by atoms with E-state index in [1.807, 2.05) is 20.8 Å². The van der Waals surface area contributed by atoms with E-state index in [-0.39, 0.29) is 11.5 Å². The number of piperidine rings is 1. The van der Waals surface area contributed by atoms with Gasteiger partial charge in [-0.25, -0.2) is 4.79 Å². The number of rotatable bonds is 5. The van der Waals surface area contributed by atoms with Gasteiger partial charge in [0.05, 0.1) is 0 Å². The topological polar surface area (TPSA) is 41.6 Å². The molecule has 0 atom stereocenters. The molecular weight excluding hydrogens is 312 g/mol. The summed E-state index contributed by atoms with van der Waals surface area (Å²) >= 11 is 0. The fourth-order valence-electron chi connectivity index (χ4n) is 3.99. The maximum atomic E-state index is 12.0. The molecule has 3 rings (SSSR count). The van der Waals surface area contributed by atoms with Gasteiger partial charge in [0.25, 0.3) is 0 Å². The Balaban J connectivity index is 1.52. The van der Waals surface area contributed by atoms with Gasteiger partial charge < -0.3 is 10.1 Å². The minimum Gasteiger partial charge on any atom is -0.444 e. The highest BCUT2D eigenvalue weighted by Gasteiger charge is 2.46. The van der Waals surface area contributed by atoms with Crippen molar-refractivity contribution in [1.29, 1.82) is 0 Å². The molecule has 1 N–H and O–H groups in total. The standard InChI is InChI=1S/C21H32N2O2/c1-20(2,3)25-19(24)22-16-21(18-9-10-18)11-13-23(14-12-21)15-17-7-5-4-6-8-17/h4-8,18H,9-16H2,1-3H3,(H,22,24). The Labute approximate surface area is 151 Å². The lowest BCUT2D eigenvalue weighted by Crippen LogP contribution is -2.48. The van der Waals surface area contributed by atoms with E-state index in [2.05, 4.69) is 40.5 Å². The van der Waals surface area contributed by atoms with Crippen LogP contribution in [-0.2, 0) is 11.3 Å². The molecule has 1 aromatic rings. The average molecular weight is 344 g/mol. The van der Waals surface area contributed by atoms with Crippen molar-refractivity contribution < 1.29 is 9.53 Å². The van der Waals surface area contributed by atoms with Crippen LogP contribution in [0.1, 0.15) is 52.0 Å². The van der Waals surface area contributed by atoms with Gasteiger partial charge >= 0.3 is 6.09 Å². The van der Waals surface area contributed by atoms with Crippen LogP contribution in [0.25, 0.3) is 0 Å². The molecule has 2 aliphatic rings. The van der Waals surface area contributed by atoms with E-state index in [0.717, 1.165) is 32.1 Å². The summed E-state index contributed by atoms with van der Waals surface area (Å²) < 4.78 is 5.41. The minimum absolute atomic E-state index is 0.268. The summed E-state index contributed by atoms with van der Waals surface area (Å²) in [5, 5.41) is 3.06. The van der Waals surface area contributed by atoms with E-state index in [4.69, 9.17) is 4.74 Å². The van der Waals surface area contributed by atoms with Gasteiger partial charge in [-0.1, -0.05) is 30.3 Å². The Hall–Kier alpha value is -1.55. The van der Waals surface area contributed by atoms with Crippen LogP contribution in [0.2, 0.25) is 0 Å². The number of nitrogens with one attached hydrogen (secondary N) is 1. The van der Waals surface area contributed by atoms with Crippen LogP contribution in [0.5, 0.6) is 0 Å². The van der Waals surface area contributed by atoms with Gasteiger partial charge in [-0.15, -0.1) is 0 Å². The van der Waals surface area contributed by atoms with Gasteiger partial charge in [0.1, 0.15) is 5.60 Å². The molecule has 138 valence electrons. The Bertz CT molecular complexity index is 567. The molecule has 0 aromatic heterocycles. The van der Waals surface area contributed by atoms with Crippen molar-refractivity contribution in [3.05, 3.63) is 35.9 Å². The minimum atomic E-state index is -0.435. The van der Waals surface area contributed by atoms with Crippen molar-refractivity contribution in [1.82, 2.24) is 10.2 Å². The monoisotopic (exact) mass is 344 g/mol. The largest absolute Gasteiger partial charge is 0.444 e. The number of alkyl carbamates (subject to hydrolysis) is 1. The molecule has 1 saturated heterocycles. The van der Waals surface area contributed by atoms with E-state index < -0.39 is 5.60 Å². The van der Waals surface area contributed by atoms with Crippen molar-refractivity contribution in [2.75, 3.05) is 19.6 Å². The predicted molar refractivity (Wildman–Crippen MR) is 100 cm³/mol. The number of hydrogen-bond acceptors (Lipinski definition) is 3. The van der Waals surface area contributed by atoms with Crippen LogP contribution in [-0.4, -0.2) is 36.2 Å². The number of amides is 1. The highest BCUT2D eigenvalue weighted by Crippen LogP contribution is 2.51. The highest BCUT2D eigenvalue weighted by molar-refractivity contribution is 5.67. The number of carbonyl (C=O) groups is 1. The summed E-state index contributed by atoms with van der Waals surface area (Å²) in [6.07, 6.45) is 4.68. The van der Waals surface area contributed by atoms with Crippen molar-refractivity contribution >= 4 is 6.09 Å². The summed E-state index contributed by atoms with van der Waals surface area (Å²) in [5.74, 6) is 0.779. The molecular formula is C21H32N2O2. The molecule has 1 amide bonds. The molecule has 0 spiro atoms. The quantitative estimate of drug-likeness (QED) is 0.870. The summed E-state index contributed by atoms with van der Waals surface area (Å²) in [4.78, 5) is 14.6. The lowest BCUT2D eigenvalue weighted by atomic mass is 9.74. The number of nitrogens with zero attached hydrogens (tertiary/aromatic N) is 1. The van der Waals surface area contributed by atoms with E-state index >= 15 is 0 Å². The smallest absolute Gasteiger partial charge is 0.407 e. The lowest BCUT2D eigenvalue weighted by Gasteiger charge is -2.42. The molecule has 1 aliphatic heterocycles. The number of ether oxygens (including phenoxy) is 1. The third-order valence-electron chi connectivity index (χ3n) is 5.53. The molecule has 1 aliphatic carbocycles. The second-order valence-corrected chi connectivity index (χ2v) is 8.75. The van der Waals surface area contributed by atoms with Crippen LogP contribution in [0.15, 0.2) is 30.3 Å². The van der Waals surface area contributed by atoms with Crippen molar-refractivity contribution in [2.45, 2.75) is 58.6 Å². The Morgan fingerprint density at radius 2 is 1.84 bits per heavy atom. The molecule has 2 fully saturated rings. The SMILES string of the molecule is CC(C)(C)OC(=O)NCC1(C2CC2)CCN(Cc2ccccc2)CC1. The summed E-state index contributed by atoms with van der Waals surface area (Å²) in [6.45, 7) is 9.73. The Kier molecular flexibility index (Phi) is 5.38. The van der Waals surface area contributed by atoms with Crippen LogP contribution < -0.4 is 5.32 Å². The molecule has 0 unspecified atom stereocenters. The first kappa shape index (κ1) is 18.2. The van der Waals surface area contributed by atoms with Gasteiger partial charge in [0.15, 0.2) is 0 Å². The van der Waals surface area contributed by atoms with Crippen molar-refractivity contribution in [2.24, 2.45) is 11.3 Å². The normalized spacial score (nSPS) is 20.9. The van der Waals surface area contributed by atoms with Crippen LogP contribution in [0, 0.1) is 11.3 Å². The van der Waals surface area contributed by atoms with Gasteiger partial charge in [0.2, 0.25) is 0 Å². The zero-order chi connectivity index (χ0) is 17.9. The number of carbonyl (C=O) groups excluding carboxylic acids is 1. The highest BCUT2D eigenvalue weighted by atomic mass is 16.6.